The summed E-state index contributed by atoms with van der Waals surface area (Å²) >= 11 is 0. The van der Waals surface area contributed by atoms with E-state index in [9.17, 15) is 9.90 Å². The summed E-state index contributed by atoms with van der Waals surface area (Å²) in [5.74, 6) is 1.98. The summed E-state index contributed by atoms with van der Waals surface area (Å²) in [6.07, 6.45) is 4.80. The molecular weight excluding hydrogens is 687 g/mol. The molecule has 0 saturated heterocycles. The van der Waals surface area contributed by atoms with E-state index in [2.05, 4.69) is 73.4 Å². The predicted molar refractivity (Wildman–Crippen MR) is 167 cm³/mol. The number of nitrogens with zero attached hydrogens (tertiary/aromatic N) is 1. The first kappa shape index (κ1) is 34.2. The van der Waals surface area contributed by atoms with Gasteiger partial charge in [0.2, 0.25) is 5.88 Å². The van der Waals surface area contributed by atoms with E-state index >= 15 is 0 Å². The van der Waals surface area contributed by atoms with Gasteiger partial charge in [0, 0.05) is 54.3 Å². The topological polar surface area (TPSA) is 59.4 Å². The van der Waals surface area contributed by atoms with E-state index in [1.807, 2.05) is 60.7 Å². The van der Waals surface area contributed by atoms with Crippen molar-refractivity contribution in [2.24, 2.45) is 10.8 Å². The number of carbonyl (C=O) groups excluding carboxylic acids is 1. The largest absolute Gasteiger partial charge is 0.512 e. The number of ether oxygens (including phenoxy) is 1. The number of hydrogen-bond donors (Lipinski definition) is 1. The normalized spacial score (nSPS) is 12.1. The fraction of sp³-hybridized carbons (Fsp3) is 0.389. The van der Waals surface area contributed by atoms with E-state index < -0.39 is 0 Å². The maximum absolute atomic E-state index is 11.8. The third kappa shape index (κ3) is 8.50. The summed E-state index contributed by atoms with van der Waals surface area (Å²) in [5, 5.41) is 14.4. The molecule has 0 unspecified atom stereocenters. The Labute approximate surface area is 259 Å². The minimum atomic E-state index is -0.377. The number of fused-ring (bicyclic) bond motifs is 3. The first-order chi connectivity index (χ1) is 18.8. The molecule has 1 radical (unpaired) electrons. The third-order valence-corrected chi connectivity index (χ3v) is 7.90. The maximum atomic E-state index is 11.8. The molecule has 0 atom stereocenters. The molecule has 0 bridgehead atoms. The van der Waals surface area contributed by atoms with E-state index in [0.717, 1.165) is 34.9 Å². The molecule has 1 N–H and O–H groups in total. The van der Waals surface area contributed by atoms with Gasteiger partial charge in [-0.1, -0.05) is 92.6 Å². The second-order valence-corrected chi connectivity index (χ2v) is 12.1. The van der Waals surface area contributed by atoms with Gasteiger partial charge < -0.3 is 9.84 Å². The van der Waals surface area contributed by atoms with Crippen LogP contribution in [0.25, 0.3) is 21.5 Å². The molecule has 41 heavy (non-hydrogen) atoms. The van der Waals surface area contributed by atoms with E-state index in [1.54, 1.807) is 0 Å². The Bertz CT molecular complexity index is 1520. The number of hydrogen-bond acceptors (Lipinski definition) is 4. The van der Waals surface area contributed by atoms with Crippen molar-refractivity contribution in [1.82, 2.24) is 4.98 Å². The van der Waals surface area contributed by atoms with E-state index in [-0.39, 0.29) is 42.5 Å². The average Bonchev–Trinajstić information content (AvgIpc) is 2.93. The molecule has 1 aromatic heterocycles. The molecule has 1 heterocycles. The van der Waals surface area contributed by atoms with Gasteiger partial charge in [-0.25, -0.2) is 4.98 Å². The average molecular weight is 731 g/mol. The van der Waals surface area contributed by atoms with Crippen LogP contribution in [0, 0.1) is 23.8 Å². The molecule has 4 aromatic rings. The molecule has 0 saturated carbocycles. The molecule has 0 aliphatic carbocycles. The summed E-state index contributed by atoms with van der Waals surface area (Å²) in [4.78, 5) is 16.3. The van der Waals surface area contributed by atoms with Crippen molar-refractivity contribution in [2.75, 3.05) is 0 Å². The van der Waals surface area contributed by atoms with Crippen LogP contribution >= 0.6 is 0 Å². The Kier molecular flexibility index (Phi) is 11.9. The van der Waals surface area contributed by atoms with Gasteiger partial charge in [0.15, 0.2) is 5.78 Å². The van der Waals surface area contributed by atoms with E-state index in [0.29, 0.717) is 11.8 Å². The fourth-order valence-corrected chi connectivity index (χ4v) is 4.06. The number of benzene rings is 3. The van der Waals surface area contributed by atoms with Crippen LogP contribution in [0.1, 0.15) is 85.3 Å². The van der Waals surface area contributed by atoms with Crippen molar-refractivity contribution in [3.05, 3.63) is 89.8 Å². The predicted octanol–water partition coefficient (Wildman–Crippen LogP) is 10.3. The van der Waals surface area contributed by atoms with Gasteiger partial charge in [0.25, 0.3) is 0 Å². The summed E-state index contributed by atoms with van der Waals surface area (Å²) < 4.78 is 6.15. The molecule has 4 nitrogen and oxygen atoms in total. The van der Waals surface area contributed by atoms with Gasteiger partial charge in [-0.3, -0.25) is 4.79 Å². The molecule has 0 amide bonds. The standard InChI is InChI=1S/C23H20NO.C13H24O2.Ir/c1-15(2)18-12-16(3)13-19(14-18)25-23-22-9-8-17-6-4-5-7-20(17)21(22)10-11-24-23;1-7-12(3,4)10(14)9-11(15)13(5,6)8-2;/h4-12,14-15H,1-3H3;9,14H,7-8H2,1-6H3;/q-1;;/b;10-9-;. The number of aryl methyl sites for hydroxylation is 1. The van der Waals surface area contributed by atoms with Crippen LogP contribution in [0.2, 0.25) is 0 Å². The van der Waals surface area contributed by atoms with Gasteiger partial charge in [-0.15, -0.1) is 12.1 Å². The van der Waals surface area contributed by atoms with Crippen molar-refractivity contribution in [1.29, 1.82) is 0 Å². The smallest absolute Gasteiger partial charge is 0.224 e. The zero-order valence-electron chi connectivity index (χ0n) is 25.9. The van der Waals surface area contributed by atoms with E-state index in [1.165, 1.54) is 22.4 Å². The van der Waals surface area contributed by atoms with Gasteiger partial charge >= 0.3 is 0 Å². The molecule has 0 spiro atoms. The molecular formula is C36H44IrNO3-. The fourth-order valence-electron chi connectivity index (χ4n) is 4.06. The van der Waals surface area contributed by atoms with Crippen LogP contribution in [0.5, 0.6) is 11.6 Å². The van der Waals surface area contributed by atoms with Crippen molar-refractivity contribution >= 4 is 27.3 Å². The molecule has 0 aliphatic rings. The van der Waals surface area contributed by atoms with Crippen LogP contribution in [0.3, 0.4) is 0 Å². The number of allylic oxidation sites excluding steroid dienone is 2. The zero-order valence-corrected chi connectivity index (χ0v) is 28.3. The van der Waals surface area contributed by atoms with Crippen LogP contribution in [0.4, 0.5) is 0 Å². The minimum Gasteiger partial charge on any atom is -0.512 e. The summed E-state index contributed by atoms with van der Waals surface area (Å²) in [5.41, 5.74) is 1.64. The van der Waals surface area contributed by atoms with Gasteiger partial charge in [-0.05, 0) is 47.1 Å². The number of aliphatic hydroxyl groups is 1. The minimum absolute atomic E-state index is 0. The van der Waals surface area contributed by atoms with Crippen LogP contribution < -0.4 is 4.74 Å². The molecule has 3 aromatic carbocycles. The summed E-state index contributed by atoms with van der Waals surface area (Å²) in [6.45, 7) is 18.1. The van der Waals surface area contributed by atoms with Crippen molar-refractivity contribution in [3.8, 4) is 11.6 Å². The monoisotopic (exact) mass is 731 g/mol. The van der Waals surface area contributed by atoms with Gasteiger partial charge in [0.05, 0.1) is 0 Å². The zero-order chi connectivity index (χ0) is 29.7. The number of aromatic nitrogens is 1. The number of aliphatic hydroxyl groups excluding tert-OH is 1. The number of rotatable bonds is 8. The first-order valence-corrected chi connectivity index (χ1v) is 14.2. The second-order valence-electron chi connectivity index (χ2n) is 12.1. The van der Waals surface area contributed by atoms with Crippen LogP contribution in [0.15, 0.2) is 72.6 Å². The molecule has 4 rings (SSSR count). The van der Waals surface area contributed by atoms with Gasteiger partial charge in [0.1, 0.15) is 5.76 Å². The Morgan fingerprint density at radius 2 is 1.61 bits per heavy atom. The Morgan fingerprint density at radius 1 is 0.951 bits per heavy atom. The third-order valence-electron chi connectivity index (χ3n) is 7.90. The quantitative estimate of drug-likeness (QED) is 0.0849. The molecule has 5 heteroatoms. The Hall–Kier alpha value is -3.01. The molecule has 0 fully saturated rings. The second kappa shape index (κ2) is 14.2. The Morgan fingerprint density at radius 3 is 2.24 bits per heavy atom. The molecule has 0 aliphatic heterocycles. The SMILES string of the molecule is CCC(C)(C)C(=O)/C=C(\O)C(C)(C)CC.Cc1[c-]c(Oc2nccc3c2ccc2ccccc23)cc(C(C)C)c1.[Ir]. The van der Waals surface area contributed by atoms with Gasteiger partial charge in [-0.2, -0.15) is 17.2 Å². The van der Waals surface area contributed by atoms with Crippen molar-refractivity contribution in [3.63, 3.8) is 0 Å². The van der Waals surface area contributed by atoms with Crippen molar-refractivity contribution < 1.29 is 34.7 Å². The van der Waals surface area contributed by atoms with Crippen molar-refractivity contribution in [2.45, 2.75) is 81.1 Å². The van der Waals surface area contributed by atoms with Crippen LogP contribution in [-0.4, -0.2) is 15.9 Å². The number of carbonyl (C=O) groups is 1. The van der Waals surface area contributed by atoms with E-state index in [4.69, 9.17) is 4.74 Å². The summed E-state index contributed by atoms with van der Waals surface area (Å²) in [6, 6.07) is 22.1. The number of pyridine rings is 1. The Balaban J connectivity index is 0.000000320. The number of ketones is 1. The molecule has 221 valence electrons. The van der Waals surface area contributed by atoms with Crippen LogP contribution in [-0.2, 0) is 24.9 Å². The summed E-state index contributed by atoms with van der Waals surface area (Å²) in [7, 11) is 0. The maximum Gasteiger partial charge on any atom is 0.224 e. The first-order valence-electron chi connectivity index (χ1n) is 14.2.